The van der Waals surface area contributed by atoms with Crippen LogP contribution in [0.15, 0.2) is 12.2 Å². The lowest BCUT2D eigenvalue weighted by Crippen LogP contribution is -2.36. The van der Waals surface area contributed by atoms with Crippen LogP contribution in [0.4, 0.5) is 0 Å². The van der Waals surface area contributed by atoms with Gasteiger partial charge in [0.25, 0.3) is 0 Å². The Morgan fingerprint density at radius 3 is 2.07 bits per heavy atom. The first kappa shape index (κ1) is 13.2. The highest BCUT2D eigenvalue weighted by Gasteiger charge is 2.19. The molecule has 0 aliphatic heterocycles. The molecule has 0 fully saturated rings. The van der Waals surface area contributed by atoms with Gasteiger partial charge in [0.2, 0.25) is 5.91 Å². The highest BCUT2D eigenvalue weighted by atomic mass is 16.2. The van der Waals surface area contributed by atoms with E-state index in [2.05, 4.69) is 20.4 Å². The maximum Gasteiger partial charge on any atom is 0.225 e. The molecule has 0 rings (SSSR count). The third-order valence-electron chi connectivity index (χ3n) is 2.49. The normalized spacial score (nSPS) is 10.4. The zero-order chi connectivity index (χ0) is 11.1. The Labute approximate surface area is 88.0 Å². The predicted molar refractivity (Wildman–Crippen MR) is 61.1 cm³/mol. The summed E-state index contributed by atoms with van der Waals surface area (Å²) in [5, 5.41) is 0. The molecule has 0 aliphatic carbocycles. The van der Waals surface area contributed by atoms with Crippen LogP contribution in [0.2, 0.25) is 0 Å². The molecule has 0 aromatic rings. The van der Waals surface area contributed by atoms with Crippen LogP contribution >= 0.6 is 0 Å². The third-order valence-corrected chi connectivity index (χ3v) is 2.49. The van der Waals surface area contributed by atoms with Crippen molar-refractivity contribution in [3.05, 3.63) is 12.2 Å². The molecular weight excluding hydrogens is 174 g/mol. The van der Waals surface area contributed by atoms with Crippen LogP contribution in [0.5, 0.6) is 0 Å². The first-order chi connectivity index (χ1) is 6.56. The summed E-state index contributed by atoms with van der Waals surface area (Å²) >= 11 is 0. The van der Waals surface area contributed by atoms with Crippen molar-refractivity contribution >= 4 is 5.91 Å². The number of carbonyl (C=O) groups is 1. The second-order valence-electron chi connectivity index (χ2n) is 3.82. The first-order valence-electron chi connectivity index (χ1n) is 5.49. The molecule has 0 spiro atoms. The third kappa shape index (κ3) is 3.95. The average molecular weight is 197 g/mol. The Hall–Kier alpha value is -0.790. The van der Waals surface area contributed by atoms with E-state index in [-0.39, 0.29) is 11.8 Å². The Balaban J connectivity index is 4.35. The number of nitrogens with zero attached hydrogens (tertiary/aromatic N) is 1. The van der Waals surface area contributed by atoms with E-state index in [4.69, 9.17) is 0 Å². The van der Waals surface area contributed by atoms with Crippen LogP contribution in [0, 0.1) is 5.92 Å². The molecule has 0 N–H and O–H groups in total. The van der Waals surface area contributed by atoms with Gasteiger partial charge in [-0.1, -0.05) is 26.0 Å². The van der Waals surface area contributed by atoms with E-state index in [0.29, 0.717) is 6.54 Å². The molecule has 0 bridgehead atoms. The number of hydrogen-bond acceptors (Lipinski definition) is 1. The lowest BCUT2D eigenvalue weighted by molar-refractivity contribution is -0.135. The minimum absolute atomic E-state index is 0.189. The van der Waals surface area contributed by atoms with Crippen molar-refractivity contribution in [1.82, 2.24) is 4.90 Å². The van der Waals surface area contributed by atoms with Crippen molar-refractivity contribution in [3.63, 3.8) is 0 Å². The van der Waals surface area contributed by atoms with E-state index in [1.165, 1.54) is 0 Å². The topological polar surface area (TPSA) is 20.3 Å². The summed E-state index contributed by atoms with van der Waals surface area (Å²) in [6, 6.07) is 0. The standard InChI is InChI=1S/C12H23NO/c1-6-11(7-2)12(14)13(8-3)9-10(4)5/h11H,4,6-9H2,1-3,5H3. The average Bonchev–Trinajstić information content (AvgIpc) is 2.15. The fraction of sp³-hybridized carbons (Fsp3) is 0.750. The molecule has 82 valence electrons. The van der Waals surface area contributed by atoms with E-state index in [9.17, 15) is 4.79 Å². The van der Waals surface area contributed by atoms with Gasteiger partial charge < -0.3 is 4.90 Å². The predicted octanol–water partition coefficient (Wildman–Crippen LogP) is 2.85. The molecule has 2 nitrogen and oxygen atoms in total. The maximum absolute atomic E-state index is 12.0. The van der Waals surface area contributed by atoms with Gasteiger partial charge in [0.15, 0.2) is 0 Å². The molecule has 0 unspecified atom stereocenters. The van der Waals surface area contributed by atoms with Crippen molar-refractivity contribution in [2.75, 3.05) is 13.1 Å². The zero-order valence-electron chi connectivity index (χ0n) is 9.97. The lowest BCUT2D eigenvalue weighted by atomic mass is 10.0. The molecular formula is C12H23NO. The number of carbonyl (C=O) groups excluding carboxylic acids is 1. The molecule has 14 heavy (non-hydrogen) atoms. The Morgan fingerprint density at radius 2 is 1.79 bits per heavy atom. The van der Waals surface area contributed by atoms with Gasteiger partial charge in [0, 0.05) is 19.0 Å². The van der Waals surface area contributed by atoms with E-state index >= 15 is 0 Å². The maximum atomic E-state index is 12.0. The molecule has 0 aromatic heterocycles. The van der Waals surface area contributed by atoms with Crippen molar-refractivity contribution in [1.29, 1.82) is 0 Å². The largest absolute Gasteiger partial charge is 0.339 e. The number of hydrogen-bond donors (Lipinski definition) is 0. The van der Waals surface area contributed by atoms with Gasteiger partial charge in [-0.25, -0.2) is 0 Å². The highest BCUT2D eigenvalue weighted by molar-refractivity contribution is 5.78. The Kier molecular flexibility index (Phi) is 6.26. The first-order valence-corrected chi connectivity index (χ1v) is 5.49. The van der Waals surface area contributed by atoms with Gasteiger partial charge in [-0.15, -0.1) is 0 Å². The van der Waals surface area contributed by atoms with E-state index in [1.807, 2.05) is 18.7 Å². The van der Waals surface area contributed by atoms with Crippen LogP contribution in [0.25, 0.3) is 0 Å². The molecule has 0 saturated carbocycles. The summed E-state index contributed by atoms with van der Waals surface area (Å²) in [5.74, 6) is 0.467. The van der Waals surface area contributed by atoms with Gasteiger partial charge in [-0.2, -0.15) is 0 Å². The number of likely N-dealkylation sites (N-methyl/N-ethyl adjacent to an activating group) is 1. The van der Waals surface area contributed by atoms with Crippen LogP contribution < -0.4 is 0 Å². The lowest BCUT2D eigenvalue weighted by Gasteiger charge is -2.25. The smallest absolute Gasteiger partial charge is 0.225 e. The van der Waals surface area contributed by atoms with Crippen LogP contribution in [-0.2, 0) is 4.79 Å². The number of amides is 1. The van der Waals surface area contributed by atoms with E-state index in [0.717, 1.165) is 25.0 Å². The van der Waals surface area contributed by atoms with Crippen molar-refractivity contribution < 1.29 is 4.79 Å². The zero-order valence-corrected chi connectivity index (χ0v) is 9.97. The van der Waals surface area contributed by atoms with Crippen LogP contribution in [-0.4, -0.2) is 23.9 Å². The molecule has 2 heteroatoms. The van der Waals surface area contributed by atoms with Gasteiger partial charge in [0.1, 0.15) is 0 Å². The summed E-state index contributed by atoms with van der Waals surface area (Å²) in [4.78, 5) is 13.8. The van der Waals surface area contributed by atoms with Crippen molar-refractivity contribution in [3.8, 4) is 0 Å². The van der Waals surface area contributed by atoms with Crippen molar-refractivity contribution in [2.24, 2.45) is 5.92 Å². The number of rotatable bonds is 6. The van der Waals surface area contributed by atoms with Crippen LogP contribution in [0.1, 0.15) is 40.5 Å². The fourth-order valence-corrected chi connectivity index (χ4v) is 1.57. The quantitative estimate of drug-likeness (QED) is 0.600. The molecule has 0 aliphatic rings. The molecule has 0 atom stereocenters. The Bertz CT molecular complexity index is 194. The second-order valence-corrected chi connectivity index (χ2v) is 3.82. The van der Waals surface area contributed by atoms with Gasteiger partial charge in [0.05, 0.1) is 0 Å². The van der Waals surface area contributed by atoms with E-state index < -0.39 is 0 Å². The molecule has 1 amide bonds. The minimum Gasteiger partial charge on any atom is -0.339 e. The Morgan fingerprint density at radius 1 is 1.29 bits per heavy atom. The summed E-state index contributed by atoms with van der Waals surface area (Å²) in [5.41, 5.74) is 1.05. The van der Waals surface area contributed by atoms with E-state index in [1.54, 1.807) is 0 Å². The van der Waals surface area contributed by atoms with Gasteiger partial charge in [-0.05, 0) is 26.7 Å². The monoisotopic (exact) mass is 197 g/mol. The van der Waals surface area contributed by atoms with Crippen LogP contribution in [0.3, 0.4) is 0 Å². The second kappa shape index (κ2) is 6.63. The van der Waals surface area contributed by atoms with Crippen molar-refractivity contribution in [2.45, 2.75) is 40.5 Å². The fourth-order valence-electron chi connectivity index (χ4n) is 1.57. The summed E-state index contributed by atoms with van der Waals surface area (Å²) in [6.45, 7) is 13.4. The van der Waals surface area contributed by atoms with Gasteiger partial charge >= 0.3 is 0 Å². The molecule has 0 aromatic carbocycles. The highest BCUT2D eigenvalue weighted by Crippen LogP contribution is 2.12. The summed E-state index contributed by atoms with van der Waals surface area (Å²) in [6.07, 6.45) is 1.87. The SMILES string of the molecule is C=C(C)CN(CC)C(=O)C(CC)CC. The van der Waals surface area contributed by atoms with Gasteiger partial charge in [-0.3, -0.25) is 4.79 Å². The summed E-state index contributed by atoms with van der Waals surface area (Å²) in [7, 11) is 0. The molecule has 0 saturated heterocycles. The molecule has 0 heterocycles. The minimum atomic E-state index is 0.189. The molecule has 0 radical (unpaired) electrons. The summed E-state index contributed by atoms with van der Waals surface area (Å²) < 4.78 is 0.